The zero-order valence-electron chi connectivity index (χ0n) is 14.7. The Balaban J connectivity index is 2.42. The summed E-state index contributed by atoms with van der Waals surface area (Å²) in [6, 6.07) is 7.87. The van der Waals surface area contributed by atoms with Gasteiger partial charge >= 0.3 is 11.8 Å². The number of amides is 2. The third-order valence-corrected chi connectivity index (χ3v) is 4.05. The lowest BCUT2D eigenvalue weighted by Gasteiger charge is -2.18. The smallest absolute Gasteiger partial charge is 0.309 e. The molecular formula is C18H29N3O2. The van der Waals surface area contributed by atoms with Crippen LogP contribution in [-0.4, -0.2) is 42.9 Å². The van der Waals surface area contributed by atoms with Gasteiger partial charge in [-0.1, -0.05) is 45.0 Å². The molecular weight excluding hydrogens is 290 g/mol. The third kappa shape index (κ3) is 6.40. The molecule has 0 saturated heterocycles. The van der Waals surface area contributed by atoms with Gasteiger partial charge in [-0.3, -0.25) is 9.59 Å². The molecule has 2 amide bonds. The highest BCUT2D eigenvalue weighted by Crippen LogP contribution is 2.13. The lowest BCUT2D eigenvalue weighted by atomic mass is 10.1. The Bertz CT molecular complexity index is 495. The summed E-state index contributed by atoms with van der Waals surface area (Å²) in [6.45, 7) is 11.2. The van der Waals surface area contributed by atoms with Crippen LogP contribution in [0.1, 0.15) is 44.9 Å². The van der Waals surface area contributed by atoms with E-state index in [1.54, 1.807) is 0 Å². The maximum Gasteiger partial charge on any atom is 0.309 e. The summed E-state index contributed by atoms with van der Waals surface area (Å²) in [6.07, 6.45) is 0.982. The van der Waals surface area contributed by atoms with Gasteiger partial charge in [0.1, 0.15) is 0 Å². The van der Waals surface area contributed by atoms with Gasteiger partial charge in [0.15, 0.2) is 0 Å². The standard InChI is InChI=1S/C18H29N3O2/c1-5-15-8-10-16(11-9-15)14(4)20-18(23)17(22)19-12-13-21(6-2)7-3/h8-11,14H,5-7,12-13H2,1-4H3,(H,19,22)(H,20,23). The van der Waals surface area contributed by atoms with Gasteiger partial charge in [-0.2, -0.15) is 0 Å². The monoisotopic (exact) mass is 319 g/mol. The highest BCUT2D eigenvalue weighted by Gasteiger charge is 2.16. The summed E-state index contributed by atoms with van der Waals surface area (Å²) in [5, 5.41) is 5.40. The number of nitrogens with one attached hydrogen (secondary N) is 2. The lowest BCUT2D eigenvalue weighted by molar-refractivity contribution is -0.139. The minimum absolute atomic E-state index is 0.193. The number of aryl methyl sites for hydroxylation is 1. The first kappa shape index (κ1) is 19.2. The predicted molar refractivity (Wildman–Crippen MR) is 93.2 cm³/mol. The van der Waals surface area contributed by atoms with Crippen LogP contribution in [0, 0.1) is 0 Å². The van der Waals surface area contributed by atoms with Gasteiger partial charge in [-0.05, 0) is 37.6 Å². The van der Waals surface area contributed by atoms with Crippen LogP contribution in [0.25, 0.3) is 0 Å². The van der Waals surface area contributed by atoms with E-state index < -0.39 is 11.8 Å². The Morgan fingerprint density at radius 3 is 2.17 bits per heavy atom. The molecule has 0 aromatic heterocycles. The van der Waals surface area contributed by atoms with Gasteiger partial charge < -0.3 is 15.5 Å². The Labute approximate surface area is 139 Å². The zero-order valence-corrected chi connectivity index (χ0v) is 14.7. The molecule has 1 aromatic carbocycles. The summed E-state index contributed by atoms with van der Waals surface area (Å²) >= 11 is 0. The minimum atomic E-state index is -0.586. The largest absolute Gasteiger partial charge is 0.347 e. The molecule has 5 nitrogen and oxygen atoms in total. The van der Waals surface area contributed by atoms with E-state index in [4.69, 9.17) is 0 Å². The number of likely N-dealkylation sites (N-methyl/N-ethyl adjacent to an activating group) is 1. The van der Waals surface area contributed by atoms with Crippen LogP contribution >= 0.6 is 0 Å². The number of benzene rings is 1. The molecule has 1 atom stereocenters. The molecule has 0 aliphatic carbocycles. The molecule has 1 rings (SSSR count). The van der Waals surface area contributed by atoms with Crippen molar-refractivity contribution in [2.45, 2.75) is 40.2 Å². The number of hydrogen-bond acceptors (Lipinski definition) is 3. The second-order valence-corrected chi connectivity index (χ2v) is 5.57. The van der Waals surface area contributed by atoms with E-state index in [9.17, 15) is 9.59 Å². The third-order valence-electron chi connectivity index (χ3n) is 4.05. The van der Waals surface area contributed by atoms with E-state index in [2.05, 4.69) is 36.3 Å². The Morgan fingerprint density at radius 2 is 1.65 bits per heavy atom. The molecule has 23 heavy (non-hydrogen) atoms. The average molecular weight is 319 g/mol. The fourth-order valence-corrected chi connectivity index (χ4v) is 2.34. The van der Waals surface area contributed by atoms with Crippen molar-refractivity contribution in [3.05, 3.63) is 35.4 Å². The molecule has 0 saturated carbocycles. The fourth-order valence-electron chi connectivity index (χ4n) is 2.34. The molecule has 128 valence electrons. The molecule has 0 fully saturated rings. The normalized spacial score (nSPS) is 12.0. The van der Waals surface area contributed by atoms with E-state index in [0.29, 0.717) is 6.54 Å². The Morgan fingerprint density at radius 1 is 1.04 bits per heavy atom. The summed E-state index contributed by atoms with van der Waals surface area (Å²) in [4.78, 5) is 25.9. The molecule has 0 aliphatic rings. The van der Waals surface area contributed by atoms with Gasteiger partial charge in [0.05, 0.1) is 6.04 Å². The van der Waals surface area contributed by atoms with Crippen molar-refractivity contribution in [1.82, 2.24) is 15.5 Å². The van der Waals surface area contributed by atoms with Crippen LogP contribution in [-0.2, 0) is 16.0 Å². The van der Waals surface area contributed by atoms with E-state index >= 15 is 0 Å². The highest BCUT2D eigenvalue weighted by molar-refractivity contribution is 6.35. The minimum Gasteiger partial charge on any atom is -0.347 e. The first-order chi connectivity index (χ1) is 11.0. The number of rotatable bonds is 8. The van der Waals surface area contributed by atoms with Crippen molar-refractivity contribution in [2.24, 2.45) is 0 Å². The van der Waals surface area contributed by atoms with Crippen molar-refractivity contribution < 1.29 is 9.59 Å². The van der Waals surface area contributed by atoms with Crippen LogP contribution in [0.15, 0.2) is 24.3 Å². The van der Waals surface area contributed by atoms with Crippen LogP contribution < -0.4 is 10.6 Å². The Kier molecular flexibility index (Phi) is 8.33. The topological polar surface area (TPSA) is 61.4 Å². The van der Waals surface area contributed by atoms with E-state index in [1.165, 1.54) is 5.56 Å². The van der Waals surface area contributed by atoms with E-state index in [1.807, 2.05) is 31.2 Å². The molecule has 0 radical (unpaired) electrons. The molecule has 1 aromatic rings. The molecule has 5 heteroatoms. The molecule has 0 heterocycles. The number of nitrogens with zero attached hydrogens (tertiary/aromatic N) is 1. The first-order valence-corrected chi connectivity index (χ1v) is 8.41. The number of carbonyl (C=O) groups is 2. The fraction of sp³-hybridized carbons (Fsp3) is 0.556. The first-order valence-electron chi connectivity index (χ1n) is 8.41. The molecule has 1 unspecified atom stereocenters. The maximum atomic E-state index is 11.9. The lowest BCUT2D eigenvalue weighted by Crippen LogP contribution is -2.43. The highest BCUT2D eigenvalue weighted by atomic mass is 16.2. The summed E-state index contributed by atoms with van der Waals surface area (Å²) in [5.74, 6) is -1.16. The zero-order chi connectivity index (χ0) is 17.2. The van der Waals surface area contributed by atoms with Gasteiger partial charge in [0.2, 0.25) is 0 Å². The quantitative estimate of drug-likeness (QED) is 0.719. The van der Waals surface area contributed by atoms with Gasteiger partial charge in [0.25, 0.3) is 0 Å². The second kappa shape index (κ2) is 10.0. The SMILES string of the molecule is CCc1ccc(C(C)NC(=O)C(=O)NCCN(CC)CC)cc1. The van der Waals surface area contributed by atoms with Crippen molar-refractivity contribution >= 4 is 11.8 Å². The predicted octanol–water partition coefficient (Wildman–Crippen LogP) is 1.88. The van der Waals surface area contributed by atoms with Crippen molar-refractivity contribution in [3.8, 4) is 0 Å². The van der Waals surface area contributed by atoms with Crippen molar-refractivity contribution in [1.29, 1.82) is 0 Å². The van der Waals surface area contributed by atoms with Crippen molar-refractivity contribution in [3.63, 3.8) is 0 Å². The van der Waals surface area contributed by atoms with E-state index in [0.717, 1.165) is 31.6 Å². The summed E-state index contributed by atoms with van der Waals surface area (Å²) < 4.78 is 0. The molecule has 0 bridgehead atoms. The van der Waals surface area contributed by atoms with Crippen LogP contribution in [0.5, 0.6) is 0 Å². The maximum absolute atomic E-state index is 11.9. The van der Waals surface area contributed by atoms with E-state index in [-0.39, 0.29) is 6.04 Å². The van der Waals surface area contributed by atoms with Gasteiger partial charge in [-0.25, -0.2) is 0 Å². The van der Waals surface area contributed by atoms with Crippen LogP contribution in [0.3, 0.4) is 0 Å². The van der Waals surface area contributed by atoms with Crippen LogP contribution in [0.2, 0.25) is 0 Å². The van der Waals surface area contributed by atoms with Crippen LogP contribution in [0.4, 0.5) is 0 Å². The summed E-state index contributed by atoms with van der Waals surface area (Å²) in [5.41, 5.74) is 2.24. The number of carbonyl (C=O) groups excluding carboxylic acids is 2. The Hall–Kier alpha value is -1.88. The van der Waals surface area contributed by atoms with Gasteiger partial charge in [-0.15, -0.1) is 0 Å². The van der Waals surface area contributed by atoms with Crippen molar-refractivity contribution in [2.75, 3.05) is 26.2 Å². The van der Waals surface area contributed by atoms with Gasteiger partial charge in [0, 0.05) is 13.1 Å². The molecule has 0 spiro atoms. The second-order valence-electron chi connectivity index (χ2n) is 5.57. The average Bonchev–Trinajstić information content (AvgIpc) is 2.58. The molecule has 0 aliphatic heterocycles. The number of hydrogen-bond donors (Lipinski definition) is 2. The summed E-state index contributed by atoms with van der Waals surface area (Å²) in [7, 11) is 0. The molecule has 2 N–H and O–H groups in total.